The summed E-state index contributed by atoms with van der Waals surface area (Å²) in [6.07, 6.45) is 0. The van der Waals surface area contributed by atoms with Crippen LogP contribution in [0.4, 0.5) is 0 Å². The second-order valence-electron chi connectivity index (χ2n) is 6.22. The minimum Gasteiger partial charge on any atom is -0.358 e. The van der Waals surface area contributed by atoms with Gasteiger partial charge in [0.1, 0.15) is 0 Å². The van der Waals surface area contributed by atoms with E-state index in [2.05, 4.69) is 26.9 Å². The third kappa shape index (κ3) is 11.4. The van der Waals surface area contributed by atoms with Gasteiger partial charge in [-0.05, 0) is 20.4 Å². The summed E-state index contributed by atoms with van der Waals surface area (Å²) in [7, 11) is -2.47. The first kappa shape index (κ1) is 31.5. The Hall–Kier alpha value is -0.171. The first-order chi connectivity index (χ1) is 11.3. The van der Waals surface area contributed by atoms with Crippen molar-refractivity contribution in [2.75, 3.05) is 20.0 Å². The largest absolute Gasteiger partial charge is 3.00 e. The maximum absolute atomic E-state index is 9.82. The third-order valence-electron chi connectivity index (χ3n) is 3.45. The van der Waals surface area contributed by atoms with Crippen LogP contribution in [-0.4, -0.2) is 34.5 Å². The third-order valence-corrected chi connectivity index (χ3v) is 4.61. The number of nitrogens with zero attached hydrogens (tertiary/aromatic N) is 1. The molecule has 0 radical (unpaired) electrons. The van der Waals surface area contributed by atoms with Crippen LogP contribution in [0.5, 0.6) is 0 Å². The molecule has 0 fully saturated rings. The van der Waals surface area contributed by atoms with Crippen LogP contribution >= 0.6 is 16.4 Å². The van der Waals surface area contributed by atoms with E-state index in [4.69, 9.17) is 0 Å². The van der Waals surface area contributed by atoms with Crippen molar-refractivity contribution in [1.29, 1.82) is 0 Å². The molecule has 2 aromatic rings. The zero-order valence-corrected chi connectivity index (χ0v) is 21.7. The maximum atomic E-state index is 9.82. The normalized spacial score (nSPS) is 12.1. The Balaban J connectivity index is -0.000000751. The molecular weight excluding hydrogens is 552 g/mol. The fraction of sp³-hybridized carbons (Fsp3) is 0.286. The molecule has 27 heavy (non-hydrogen) atoms. The Morgan fingerprint density at radius 1 is 0.815 bits per heavy atom. The summed E-state index contributed by atoms with van der Waals surface area (Å²) >= 11 is 0. The molecule has 2 aromatic carbocycles. The van der Waals surface area contributed by atoms with Gasteiger partial charge in [-0.1, -0.05) is 72.3 Å². The summed E-state index contributed by atoms with van der Waals surface area (Å²) in [6.45, 7) is 12.9. The van der Waals surface area contributed by atoms with Crippen LogP contribution < -0.4 is 0 Å². The molecule has 0 aliphatic heterocycles. The molecule has 0 spiro atoms. The van der Waals surface area contributed by atoms with Gasteiger partial charge in [0, 0.05) is 20.0 Å². The maximum Gasteiger partial charge on any atom is 3.00 e. The van der Waals surface area contributed by atoms with E-state index in [0.717, 1.165) is 11.1 Å². The molecule has 2 rings (SSSR count). The monoisotopic (exact) mass is 589 g/mol. The van der Waals surface area contributed by atoms with Crippen LogP contribution in [0, 0.1) is 21.8 Å². The van der Waals surface area contributed by atoms with Crippen LogP contribution in [0.25, 0.3) is 0 Å². The minimum absolute atomic E-state index is 0. The van der Waals surface area contributed by atoms with E-state index in [1.807, 2.05) is 67.6 Å². The van der Waals surface area contributed by atoms with Crippen LogP contribution in [0.2, 0.25) is 0 Å². The van der Waals surface area contributed by atoms with Crippen molar-refractivity contribution in [3.63, 3.8) is 0 Å². The van der Waals surface area contributed by atoms with E-state index in [-0.39, 0.29) is 55.0 Å². The van der Waals surface area contributed by atoms with Crippen molar-refractivity contribution in [2.45, 2.75) is 19.0 Å². The minimum atomic E-state index is -2.59. The van der Waals surface area contributed by atoms with Gasteiger partial charge in [0.15, 0.2) is 0 Å². The van der Waals surface area contributed by atoms with Crippen LogP contribution in [0.3, 0.4) is 0 Å². The molecule has 0 saturated carbocycles. The van der Waals surface area contributed by atoms with Gasteiger partial charge in [-0.2, -0.15) is 0 Å². The summed E-state index contributed by atoms with van der Waals surface area (Å²) in [4.78, 5) is 19.6. The van der Waals surface area contributed by atoms with Gasteiger partial charge >= 0.3 is 28.6 Å². The summed E-state index contributed by atoms with van der Waals surface area (Å²) in [5.41, 5.74) is 2.02. The van der Waals surface area contributed by atoms with E-state index in [1.165, 1.54) is 0 Å². The first-order valence-corrected chi connectivity index (χ1v) is 12.4. The molecule has 0 heterocycles. The molecule has 2 N–H and O–H groups in total. The summed E-state index contributed by atoms with van der Waals surface area (Å²) in [5, 5.41) is 0. The molecule has 0 aromatic heterocycles. The second-order valence-corrected chi connectivity index (χ2v) is 10.3. The molecule has 0 saturated heterocycles. The van der Waals surface area contributed by atoms with Crippen molar-refractivity contribution in [3.8, 4) is 0 Å². The molecular formula is C21H36IrNO2P2+2. The first-order valence-electron chi connectivity index (χ1n) is 8.07. The molecule has 6 heteroatoms. The molecule has 0 aliphatic carbocycles. The fourth-order valence-electron chi connectivity index (χ4n) is 2.31. The average Bonchev–Trinajstić information content (AvgIpc) is 2.55. The van der Waals surface area contributed by atoms with Crippen LogP contribution in [0.15, 0.2) is 60.7 Å². The summed E-state index contributed by atoms with van der Waals surface area (Å²) in [6, 6.07) is 19.1. The van der Waals surface area contributed by atoms with E-state index in [1.54, 1.807) is 4.67 Å². The number of benzene rings is 2. The van der Waals surface area contributed by atoms with Crippen LogP contribution in [-0.2, 0) is 20.1 Å². The quantitative estimate of drug-likeness (QED) is 0.355. The Labute approximate surface area is 183 Å². The van der Waals surface area contributed by atoms with Gasteiger partial charge in [0.25, 0.3) is 0 Å². The van der Waals surface area contributed by atoms with Gasteiger partial charge in [-0.3, -0.25) is 0 Å². The number of hydrogen-bond acceptors (Lipinski definition) is 3. The van der Waals surface area contributed by atoms with Crippen molar-refractivity contribution in [3.05, 3.63) is 93.6 Å². The number of hydrogen-bond donors (Lipinski definition) is 2. The van der Waals surface area contributed by atoms with E-state index >= 15 is 0 Å². The van der Waals surface area contributed by atoms with Gasteiger partial charge in [-0.25, -0.2) is 9.79 Å². The molecule has 2 atom stereocenters. The van der Waals surface area contributed by atoms with Crippen molar-refractivity contribution >= 4 is 16.4 Å². The van der Waals surface area contributed by atoms with E-state index in [9.17, 15) is 9.79 Å². The standard InChI is InChI=1S/C16H19NO2P.C3H9P.2CH3.Ir/c1-13(15-9-5-3-6-10-15)17(20(18)19)14(2)16-11-7-4-8-12-16;1-4(2)3;;;/h3-14,18-19H,1H2,2H3;1-3H3;2*1H3;/q-1;;2*-1;+3/p+2/t13-,14-;;;;/m0..../s1. The summed E-state index contributed by atoms with van der Waals surface area (Å²) in [5.74, 6) is 0. The average molecular weight is 589 g/mol. The van der Waals surface area contributed by atoms with Gasteiger partial charge in [0.05, 0.1) is 6.04 Å². The molecule has 0 unspecified atom stereocenters. The molecule has 0 aliphatic rings. The van der Waals surface area contributed by atoms with E-state index < -0.39 is 8.53 Å². The smallest absolute Gasteiger partial charge is 0.358 e. The Morgan fingerprint density at radius 3 is 1.48 bits per heavy atom. The topological polar surface area (TPSA) is 43.7 Å². The molecule has 0 bridgehead atoms. The molecule has 0 amide bonds. The Kier molecular flexibility index (Phi) is 19.6. The predicted octanol–water partition coefficient (Wildman–Crippen LogP) is 5.56. The van der Waals surface area contributed by atoms with Gasteiger partial charge in [0.2, 0.25) is 0 Å². The Morgan fingerprint density at radius 2 is 1.15 bits per heavy atom. The molecule has 154 valence electrons. The fourth-order valence-corrected chi connectivity index (χ4v) is 3.23. The summed E-state index contributed by atoms with van der Waals surface area (Å²) < 4.78 is 1.68. The van der Waals surface area contributed by atoms with Crippen molar-refractivity contribution in [1.82, 2.24) is 4.67 Å². The van der Waals surface area contributed by atoms with Crippen molar-refractivity contribution < 1.29 is 29.9 Å². The van der Waals surface area contributed by atoms with Gasteiger partial charge in [-0.15, -0.1) is 4.67 Å². The van der Waals surface area contributed by atoms with E-state index in [0.29, 0.717) is 0 Å². The Bertz CT molecular complexity index is 523. The predicted molar refractivity (Wildman–Crippen MR) is 123 cm³/mol. The SMILES string of the molecule is C[PH+](C)C.[CH2-][C@@H](c1ccccc1)N([C@@H](C)c1ccccc1)[PH+](O)O.[CH3-].[CH3-].[Ir+3]. The number of rotatable bonds is 5. The molecule has 3 nitrogen and oxygen atoms in total. The van der Waals surface area contributed by atoms with Crippen LogP contribution in [0.1, 0.15) is 30.1 Å². The van der Waals surface area contributed by atoms with Gasteiger partial charge < -0.3 is 21.8 Å². The zero-order chi connectivity index (χ0) is 18.1. The second kappa shape index (κ2) is 16.8. The van der Waals surface area contributed by atoms with Crippen molar-refractivity contribution in [2.24, 2.45) is 0 Å². The zero-order valence-electron chi connectivity index (χ0n) is 17.3.